The second kappa shape index (κ2) is 12.6. The normalized spacial score (nSPS) is 11.6. The van der Waals surface area contributed by atoms with Crippen molar-refractivity contribution in [1.82, 2.24) is 4.98 Å². The highest BCUT2D eigenvalue weighted by Crippen LogP contribution is 2.45. The van der Waals surface area contributed by atoms with Crippen LogP contribution in [0, 0.1) is 0 Å². The third-order valence-corrected chi connectivity index (χ3v) is 10.7. The predicted octanol–water partition coefficient (Wildman–Crippen LogP) is 14.5. The van der Waals surface area contributed by atoms with Crippen molar-refractivity contribution in [2.75, 3.05) is 4.90 Å². The van der Waals surface area contributed by atoms with Crippen molar-refractivity contribution in [2.24, 2.45) is 0 Å². The summed E-state index contributed by atoms with van der Waals surface area (Å²) in [7, 11) is 0. The van der Waals surface area contributed by atoms with Gasteiger partial charge in [0.05, 0.1) is 0 Å². The molecule has 0 atom stereocenters. The van der Waals surface area contributed by atoms with Gasteiger partial charge in [0.25, 0.3) is 0 Å². The number of hydrogen-bond donors (Lipinski definition) is 0. The van der Waals surface area contributed by atoms with Gasteiger partial charge in [0, 0.05) is 44.9 Å². The van der Waals surface area contributed by atoms with Crippen LogP contribution in [-0.4, -0.2) is 4.98 Å². The smallest absolute Gasteiger partial charge is 0.228 e. The molecule has 0 unspecified atom stereocenters. The van der Waals surface area contributed by atoms with Gasteiger partial charge >= 0.3 is 0 Å². The van der Waals surface area contributed by atoms with Gasteiger partial charge in [-0.2, -0.15) is 0 Å². The van der Waals surface area contributed by atoms with Crippen molar-refractivity contribution in [1.29, 1.82) is 0 Å². The van der Waals surface area contributed by atoms with Crippen LogP contribution in [0.2, 0.25) is 0 Å². The lowest BCUT2D eigenvalue weighted by molar-refractivity contribution is 0.620. The van der Waals surface area contributed by atoms with Crippen LogP contribution in [0.3, 0.4) is 0 Å². The number of furan rings is 1. The Morgan fingerprint density at radius 3 is 1.95 bits per heavy atom. The number of aromatic nitrogens is 1. The third-order valence-electron chi connectivity index (χ3n) is 10.7. The van der Waals surface area contributed by atoms with E-state index in [1.165, 1.54) is 27.5 Å². The highest BCUT2D eigenvalue weighted by atomic mass is 16.3. The summed E-state index contributed by atoms with van der Waals surface area (Å²) in [6.45, 7) is 0. The molecule has 0 radical (unpaired) electrons. The fraction of sp³-hybridized carbons (Fsp3) is 0. The van der Waals surface area contributed by atoms with E-state index in [0.717, 1.165) is 72.0 Å². The average Bonchev–Trinajstić information content (AvgIpc) is 3.86. The summed E-state index contributed by atoms with van der Waals surface area (Å²) in [4.78, 5) is 7.22. The van der Waals surface area contributed by atoms with Crippen molar-refractivity contribution in [2.45, 2.75) is 0 Å². The minimum atomic E-state index is 0.578. The zero-order chi connectivity index (χ0) is 36.3. The predicted molar refractivity (Wildman–Crippen MR) is 227 cm³/mol. The van der Waals surface area contributed by atoms with Gasteiger partial charge in [-0.25, -0.2) is 4.98 Å². The molecule has 0 aliphatic carbocycles. The molecule has 4 nitrogen and oxygen atoms in total. The maximum atomic E-state index is 6.88. The molecule has 55 heavy (non-hydrogen) atoms. The monoisotopic (exact) mass is 704 g/mol. The van der Waals surface area contributed by atoms with E-state index in [1.807, 2.05) is 24.3 Å². The van der Waals surface area contributed by atoms with Crippen molar-refractivity contribution in [3.05, 3.63) is 194 Å². The van der Waals surface area contributed by atoms with Crippen molar-refractivity contribution in [3.8, 4) is 33.7 Å². The number of hydrogen-bond acceptors (Lipinski definition) is 4. The summed E-state index contributed by atoms with van der Waals surface area (Å²) < 4.78 is 13.2. The van der Waals surface area contributed by atoms with E-state index in [0.29, 0.717) is 5.89 Å². The molecule has 0 aliphatic heterocycles. The van der Waals surface area contributed by atoms with Crippen molar-refractivity contribution < 1.29 is 8.83 Å². The Labute approximate surface area is 317 Å². The Bertz CT molecular complexity index is 3170. The molecule has 11 rings (SSSR count). The molecule has 4 heteroatoms. The molecule has 0 spiro atoms. The minimum absolute atomic E-state index is 0.578. The topological polar surface area (TPSA) is 42.4 Å². The van der Waals surface area contributed by atoms with Crippen LogP contribution in [0.5, 0.6) is 0 Å². The number of anilines is 3. The minimum Gasteiger partial charge on any atom is -0.455 e. The standard InChI is InChI=1S/C51H32N2O2/c1-2-12-33(13-3-1)36-17-10-18-39(30-36)53(38-26-24-35(25-27-38)42-21-11-16-34-14-4-6-19-41(34)42)40-28-29-44-48(32-40)54-50-43-20-7-5-15-37(43)31-45(49(44)50)51-52-46-22-8-9-23-47(46)55-51/h1-32H. The fourth-order valence-corrected chi connectivity index (χ4v) is 8.06. The largest absolute Gasteiger partial charge is 0.455 e. The second-order valence-electron chi connectivity index (χ2n) is 13.9. The molecule has 0 fully saturated rings. The highest BCUT2D eigenvalue weighted by molar-refractivity contribution is 6.21. The van der Waals surface area contributed by atoms with Crippen LogP contribution in [0.4, 0.5) is 17.1 Å². The molecule has 0 saturated carbocycles. The van der Waals surface area contributed by atoms with Gasteiger partial charge in [0.2, 0.25) is 5.89 Å². The molecular weight excluding hydrogens is 673 g/mol. The summed E-state index contributed by atoms with van der Waals surface area (Å²) >= 11 is 0. The van der Waals surface area contributed by atoms with Gasteiger partial charge in [-0.15, -0.1) is 0 Å². The Kier molecular flexibility index (Phi) is 7.14. The molecule has 9 aromatic carbocycles. The first-order valence-electron chi connectivity index (χ1n) is 18.5. The molecule has 0 amide bonds. The Balaban J connectivity index is 1.10. The highest BCUT2D eigenvalue weighted by Gasteiger charge is 2.22. The molecular formula is C51H32N2O2. The van der Waals surface area contributed by atoms with E-state index < -0.39 is 0 Å². The van der Waals surface area contributed by atoms with Gasteiger partial charge in [-0.3, -0.25) is 0 Å². The molecule has 0 bridgehead atoms. The van der Waals surface area contributed by atoms with E-state index in [-0.39, 0.29) is 0 Å². The molecule has 258 valence electrons. The van der Waals surface area contributed by atoms with Gasteiger partial charge in [-0.05, 0) is 93.0 Å². The Morgan fingerprint density at radius 1 is 0.382 bits per heavy atom. The number of para-hydroxylation sites is 2. The van der Waals surface area contributed by atoms with E-state index in [9.17, 15) is 0 Å². The Hall–Kier alpha value is -7.43. The Morgan fingerprint density at radius 2 is 1.07 bits per heavy atom. The van der Waals surface area contributed by atoms with E-state index in [1.54, 1.807) is 0 Å². The summed E-state index contributed by atoms with van der Waals surface area (Å²) in [5.41, 5.74) is 11.9. The zero-order valence-corrected chi connectivity index (χ0v) is 29.7. The molecule has 2 heterocycles. The van der Waals surface area contributed by atoms with E-state index >= 15 is 0 Å². The van der Waals surface area contributed by atoms with E-state index in [4.69, 9.17) is 13.8 Å². The third kappa shape index (κ3) is 5.26. The number of nitrogens with zero attached hydrogens (tertiary/aromatic N) is 2. The number of fused-ring (bicyclic) bond motifs is 7. The lowest BCUT2D eigenvalue weighted by Gasteiger charge is -2.26. The van der Waals surface area contributed by atoms with Crippen LogP contribution in [-0.2, 0) is 0 Å². The van der Waals surface area contributed by atoms with Gasteiger partial charge < -0.3 is 13.7 Å². The fourth-order valence-electron chi connectivity index (χ4n) is 8.06. The maximum Gasteiger partial charge on any atom is 0.228 e. The summed E-state index contributed by atoms with van der Waals surface area (Å²) in [6, 6.07) is 68.2. The average molecular weight is 705 g/mol. The molecule has 0 aliphatic rings. The summed E-state index contributed by atoms with van der Waals surface area (Å²) in [5, 5.41) is 6.58. The maximum absolute atomic E-state index is 6.88. The van der Waals surface area contributed by atoms with Gasteiger partial charge in [0.15, 0.2) is 5.58 Å². The molecule has 11 aromatic rings. The first kappa shape index (κ1) is 31.1. The van der Waals surface area contributed by atoms with Gasteiger partial charge in [-0.1, -0.05) is 133 Å². The first-order chi connectivity index (χ1) is 27.2. The first-order valence-corrected chi connectivity index (χ1v) is 18.5. The lowest BCUT2D eigenvalue weighted by atomic mass is 9.98. The quantitative estimate of drug-likeness (QED) is 0.173. The van der Waals surface area contributed by atoms with Crippen molar-refractivity contribution >= 4 is 71.6 Å². The molecule has 0 N–H and O–H groups in total. The SMILES string of the molecule is c1ccc(-c2cccc(N(c3ccc(-c4cccc5ccccc45)cc3)c3ccc4c(c3)oc3c5ccccc5cc(-c5nc6ccccc6o5)c43)c2)cc1. The summed E-state index contributed by atoms with van der Waals surface area (Å²) in [6.07, 6.45) is 0. The van der Waals surface area contributed by atoms with Crippen LogP contribution in [0.25, 0.3) is 88.3 Å². The van der Waals surface area contributed by atoms with Crippen LogP contribution >= 0.6 is 0 Å². The number of benzene rings is 9. The van der Waals surface area contributed by atoms with E-state index in [2.05, 4.69) is 175 Å². The van der Waals surface area contributed by atoms with Gasteiger partial charge in [0.1, 0.15) is 16.7 Å². The second-order valence-corrected chi connectivity index (χ2v) is 13.9. The molecule has 0 saturated heterocycles. The number of oxazole rings is 1. The van der Waals surface area contributed by atoms with Crippen LogP contribution in [0.1, 0.15) is 0 Å². The van der Waals surface area contributed by atoms with Crippen molar-refractivity contribution in [3.63, 3.8) is 0 Å². The van der Waals surface area contributed by atoms with Crippen LogP contribution < -0.4 is 4.90 Å². The number of rotatable bonds is 6. The summed E-state index contributed by atoms with van der Waals surface area (Å²) in [5.74, 6) is 0.578. The van der Waals surface area contributed by atoms with Crippen LogP contribution in [0.15, 0.2) is 203 Å². The zero-order valence-electron chi connectivity index (χ0n) is 29.7. The molecule has 2 aromatic heterocycles. The lowest BCUT2D eigenvalue weighted by Crippen LogP contribution is -2.10.